The number of rotatable bonds is 3. The van der Waals surface area contributed by atoms with Gasteiger partial charge < -0.3 is 10.5 Å². The van der Waals surface area contributed by atoms with Crippen LogP contribution < -0.4 is 10.5 Å². The number of amidine groups is 1. The van der Waals surface area contributed by atoms with E-state index in [1.54, 1.807) is 18.2 Å². The fourth-order valence-electron chi connectivity index (χ4n) is 2.84. The van der Waals surface area contributed by atoms with Gasteiger partial charge in [-0.2, -0.15) is 10.3 Å². The van der Waals surface area contributed by atoms with Crippen LogP contribution in [0, 0.1) is 17.1 Å². The van der Waals surface area contributed by atoms with E-state index in [0.29, 0.717) is 27.2 Å². The van der Waals surface area contributed by atoms with Gasteiger partial charge in [0, 0.05) is 10.8 Å². The summed E-state index contributed by atoms with van der Waals surface area (Å²) in [7, 11) is 0. The highest BCUT2D eigenvalue weighted by Gasteiger charge is 2.19. The number of aliphatic imine (C=N–C) groups is 1. The minimum Gasteiger partial charge on any atom is -0.454 e. The fraction of sp³-hybridized carbons (Fsp3) is 0. The van der Waals surface area contributed by atoms with Crippen molar-refractivity contribution < 1.29 is 13.9 Å². The third kappa shape index (κ3) is 3.33. The molecule has 0 radical (unpaired) electrons. The number of carbonyl (C=O) groups is 1. The van der Waals surface area contributed by atoms with Crippen LogP contribution in [0.2, 0.25) is 0 Å². The topological polar surface area (TPSA) is 88.5 Å². The summed E-state index contributed by atoms with van der Waals surface area (Å²) >= 11 is 1.05. The molecule has 0 aliphatic carbocycles. The molecule has 1 aliphatic rings. The van der Waals surface area contributed by atoms with E-state index < -0.39 is 11.7 Å². The molecule has 3 aromatic carbocycles. The zero-order chi connectivity index (χ0) is 19.7. The molecule has 0 atom stereocenters. The summed E-state index contributed by atoms with van der Waals surface area (Å²) in [5, 5.41) is 10.9. The molecule has 1 aliphatic heterocycles. The number of nitriles is 1. The zero-order valence-electron chi connectivity index (χ0n) is 14.3. The smallest absolute Gasteiger partial charge is 0.286 e. The van der Waals surface area contributed by atoms with Crippen LogP contribution in [0.5, 0.6) is 11.5 Å². The Labute approximate surface area is 163 Å². The fourth-order valence-corrected chi connectivity index (χ4v) is 3.52. The van der Waals surface area contributed by atoms with Gasteiger partial charge in [0.15, 0.2) is 16.7 Å². The van der Waals surface area contributed by atoms with E-state index in [-0.39, 0.29) is 10.9 Å². The molecule has 7 heteroatoms. The Morgan fingerprint density at radius 3 is 2.54 bits per heavy atom. The van der Waals surface area contributed by atoms with Gasteiger partial charge in [0.05, 0.1) is 16.5 Å². The lowest BCUT2D eigenvalue weighted by Gasteiger charge is -2.11. The third-order valence-electron chi connectivity index (χ3n) is 4.12. The number of halogens is 1. The Morgan fingerprint density at radius 1 is 1.11 bits per heavy atom. The summed E-state index contributed by atoms with van der Waals surface area (Å²) in [6, 6.07) is 17.1. The number of carbonyl (C=O) groups excluding carboxylic acids is 1. The van der Waals surface area contributed by atoms with Crippen LogP contribution in [0.1, 0.15) is 11.1 Å². The van der Waals surface area contributed by atoms with Crippen LogP contribution in [0.4, 0.5) is 4.39 Å². The highest BCUT2D eigenvalue weighted by atomic mass is 32.2. The van der Waals surface area contributed by atoms with Crippen molar-refractivity contribution in [2.75, 3.05) is 0 Å². The number of hydrogen-bond donors (Lipinski definition) is 1. The number of benzene rings is 3. The van der Waals surface area contributed by atoms with Gasteiger partial charge in [0.1, 0.15) is 5.75 Å². The van der Waals surface area contributed by atoms with Crippen molar-refractivity contribution in [1.29, 1.82) is 5.26 Å². The molecule has 2 N–H and O–H groups in total. The molecule has 0 saturated carbocycles. The zero-order valence-corrected chi connectivity index (χ0v) is 15.2. The first-order valence-electron chi connectivity index (χ1n) is 8.22. The molecule has 28 heavy (non-hydrogen) atoms. The van der Waals surface area contributed by atoms with Crippen LogP contribution in [-0.4, -0.2) is 11.1 Å². The molecule has 1 heterocycles. The monoisotopic (exact) mass is 389 g/mol. The first-order valence-corrected chi connectivity index (χ1v) is 9.04. The molecule has 0 bridgehead atoms. The standard InChI is InChI=1S/C21H12FN3O2S/c22-16-9-12(10-19-20(26)25-21(24)28-19)5-7-18(16)27-17-8-6-13(11-23)14-3-1-2-4-15(14)17/h1-10H,(H2,24,25,26)/b19-10-. The lowest BCUT2D eigenvalue weighted by Crippen LogP contribution is -2.01. The molecule has 0 spiro atoms. The number of fused-ring (bicyclic) bond motifs is 1. The Morgan fingerprint density at radius 2 is 1.86 bits per heavy atom. The summed E-state index contributed by atoms with van der Waals surface area (Å²) in [6.45, 7) is 0. The number of nitrogens with zero attached hydrogens (tertiary/aromatic N) is 2. The predicted molar refractivity (Wildman–Crippen MR) is 107 cm³/mol. The number of nitrogens with two attached hydrogens (primary N) is 1. The average molecular weight is 389 g/mol. The maximum Gasteiger partial charge on any atom is 0.286 e. The summed E-state index contributed by atoms with van der Waals surface area (Å²) < 4.78 is 20.3. The quantitative estimate of drug-likeness (QED) is 0.663. The lowest BCUT2D eigenvalue weighted by molar-refractivity contribution is -0.113. The molecular weight excluding hydrogens is 377 g/mol. The van der Waals surface area contributed by atoms with E-state index in [0.717, 1.165) is 17.1 Å². The minimum absolute atomic E-state index is 0.0400. The summed E-state index contributed by atoms with van der Waals surface area (Å²) in [5.74, 6) is -0.528. The Kier molecular flexibility index (Phi) is 4.55. The molecule has 3 aromatic rings. The number of ether oxygens (including phenoxy) is 1. The summed E-state index contributed by atoms with van der Waals surface area (Å²) in [5.41, 5.74) is 6.53. The predicted octanol–water partition coefficient (Wildman–Crippen LogP) is 4.57. The van der Waals surface area contributed by atoms with Crippen molar-refractivity contribution >= 4 is 39.7 Å². The van der Waals surface area contributed by atoms with Crippen molar-refractivity contribution in [3.63, 3.8) is 0 Å². The molecule has 0 aromatic heterocycles. The molecule has 136 valence electrons. The molecule has 1 amide bonds. The minimum atomic E-state index is -0.577. The van der Waals surface area contributed by atoms with E-state index in [9.17, 15) is 14.4 Å². The van der Waals surface area contributed by atoms with Crippen molar-refractivity contribution in [3.05, 3.63) is 76.4 Å². The van der Waals surface area contributed by atoms with E-state index >= 15 is 0 Å². The first kappa shape index (κ1) is 17.8. The molecule has 0 unspecified atom stereocenters. The van der Waals surface area contributed by atoms with Crippen LogP contribution in [0.15, 0.2) is 64.5 Å². The second-order valence-corrected chi connectivity index (χ2v) is 6.99. The molecule has 0 saturated heterocycles. The molecule has 4 rings (SSSR count). The van der Waals surface area contributed by atoms with Gasteiger partial charge in [-0.05, 0) is 47.7 Å². The van der Waals surface area contributed by atoms with Crippen molar-refractivity contribution in [2.24, 2.45) is 10.7 Å². The van der Waals surface area contributed by atoms with Crippen LogP contribution in [0.3, 0.4) is 0 Å². The highest BCUT2D eigenvalue weighted by molar-refractivity contribution is 8.18. The van der Waals surface area contributed by atoms with Gasteiger partial charge >= 0.3 is 0 Å². The maximum atomic E-state index is 14.6. The SMILES string of the molecule is N#Cc1ccc(Oc2ccc(/C=C3\SC(N)=NC3=O)cc2F)c2ccccc12. The van der Waals surface area contributed by atoms with Gasteiger partial charge in [-0.25, -0.2) is 4.39 Å². The van der Waals surface area contributed by atoms with E-state index in [1.807, 2.05) is 24.3 Å². The molecule has 5 nitrogen and oxygen atoms in total. The van der Waals surface area contributed by atoms with Crippen LogP contribution in [0.25, 0.3) is 16.8 Å². The van der Waals surface area contributed by atoms with Gasteiger partial charge in [-0.1, -0.05) is 30.3 Å². The largest absolute Gasteiger partial charge is 0.454 e. The van der Waals surface area contributed by atoms with Crippen LogP contribution >= 0.6 is 11.8 Å². The summed E-state index contributed by atoms with van der Waals surface area (Å²) in [4.78, 5) is 15.6. The maximum absolute atomic E-state index is 14.6. The first-order chi connectivity index (χ1) is 13.5. The Hall–Kier alpha value is -3.63. The lowest BCUT2D eigenvalue weighted by atomic mass is 10.0. The second-order valence-electron chi connectivity index (χ2n) is 5.93. The Balaban J connectivity index is 1.65. The van der Waals surface area contributed by atoms with Gasteiger partial charge in [0.2, 0.25) is 0 Å². The van der Waals surface area contributed by atoms with E-state index in [2.05, 4.69) is 11.1 Å². The molecule has 0 fully saturated rings. The Bertz CT molecular complexity index is 1230. The van der Waals surface area contributed by atoms with Crippen molar-refractivity contribution in [2.45, 2.75) is 0 Å². The van der Waals surface area contributed by atoms with Gasteiger partial charge in [-0.15, -0.1) is 0 Å². The van der Waals surface area contributed by atoms with Gasteiger partial charge in [0.25, 0.3) is 5.91 Å². The third-order valence-corrected chi connectivity index (χ3v) is 4.93. The second kappa shape index (κ2) is 7.18. The number of amides is 1. The normalized spacial score (nSPS) is 14.9. The molecular formula is C21H12FN3O2S. The number of hydrogen-bond acceptors (Lipinski definition) is 5. The number of thioether (sulfide) groups is 1. The van der Waals surface area contributed by atoms with E-state index in [1.165, 1.54) is 18.2 Å². The van der Waals surface area contributed by atoms with Crippen LogP contribution in [-0.2, 0) is 4.79 Å². The van der Waals surface area contributed by atoms with E-state index in [4.69, 9.17) is 10.5 Å². The van der Waals surface area contributed by atoms with Crippen molar-refractivity contribution in [3.8, 4) is 17.6 Å². The summed E-state index contributed by atoms with van der Waals surface area (Å²) in [6.07, 6.45) is 1.53. The highest BCUT2D eigenvalue weighted by Crippen LogP contribution is 2.34. The average Bonchev–Trinajstić information content (AvgIpc) is 3.01. The van der Waals surface area contributed by atoms with Gasteiger partial charge in [-0.3, -0.25) is 4.79 Å². The van der Waals surface area contributed by atoms with Crippen molar-refractivity contribution in [1.82, 2.24) is 0 Å².